The minimum absolute atomic E-state index is 0. The standard InChI is InChI=1S/C30H22N4O.Pt/c1-33(2)23-14-16-29(32-20-23)34-27-11-4-3-10-25(27)26-15-13-22(19-28(26)34)21-8-7-9-24(18-21)35-30-12-5-6-17-31-30;/h3-17,20H,1-2H3;/q-2;+2. The number of nitrogens with zero attached hydrogens (tertiary/aromatic N) is 4. The van der Waals surface area contributed by atoms with Gasteiger partial charge in [-0.05, 0) is 35.2 Å². The summed E-state index contributed by atoms with van der Waals surface area (Å²) in [4.78, 5) is 11.1. The van der Waals surface area contributed by atoms with Crippen molar-refractivity contribution in [1.29, 1.82) is 0 Å². The summed E-state index contributed by atoms with van der Waals surface area (Å²) in [6.45, 7) is 0. The molecule has 0 saturated carbocycles. The Kier molecular flexibility index (Phi) is 6.58. The van der Waals surface area contributed by atoms with Crippen molar-refractivity contribution in [1.82, 2.24) is 14.5 Å². The van der Waals surface area contributed by atoms with Crippen LogP contribution in [0, 0.1) is 12.1 Å². The Hall–Kier alpha value is -3.95. The van der Waals surface area contributed by atoms with Crippen LogP contribution in [0.4, 0.5) is 5.69 Å². The van der Waals surface area contributed by atoms with Gasteiger partial charge in [0.25, 0.3) is 0 Å². The fraction of sp³-hybridized carbons (Fsp3) is 0.0667. The average molecular weight is 650 g/mol. The third kappa shape index (κ3) is 4.38. The molecule has 6 aromatic rings. The molecular formula is C30H22N4OPt. The normalized spacial score (nSPS) is 10.8. The minimum atomic E-state index is 0. The molecule has 6 rings (SSSR count). The van der Waals surface area contributed by atoms with Crippen LogP contribution in [-0.4, -0.2) is 28.6 Å². The van der Waals surface area contributed by atoms with Crippen molar-refractivity contribution in [2.75, 3.05) is 19.0 Å². The fourth-order valence-electron chi connectivity index (χ4n) is 4.25. The Morgan fingerprint density at radius 1 is 0.750 bits per heavy atom. The van der Waals surface area contributed by atoms with Crippen LogP contribution < -0.4 is 9.64 Å². The number of rotatable bonds is 5. The van der Waals surface area contributed by atoms with E-state index in [0.29, 0.717) is 11.6 Å². The maximum atomic E-state index is 5.90. The Bertz CT molecular complexity index is 1640. The van der Waals surface area contributed by atoms with Crippen molar-refractivity contribution in [3.63, 3.8) is 0 Å². The largest absolute Gasteiger partial charge is 2.00 e. The van der Waals surface area contributed by atoms with Crippen molar-refractivity contribution in [3.8, 4) is 28.6 Å². The van der Waals surface area contributed by atoms with E-state index in [1.807, 2.05) is 61.6 Å². The van der Waals surface area contributed by atoms with Crippen molar-refractivity contribution >= 4 is 27.5 Å². The molecule has 0 aliphatic carbocycles. The van der Waals surface area contributed by atoms with E-state index in [2.05, 4.69) is 70.2 Å². The van der Waals surface area contributed by atoms with Crippen LogP contribution in [0.2, 0.25) is 0 Å². The number of benzene rings is 3. The molecule has 0 N–H and O–H groups in total. The summed E-state index contributed by atoms with van der Waals surface area (Å²) in [6, 6.07) is 35.2. The smallest absolute Gasteiger partial charge is 0.460 e. The van der Waals surface area contributed by atoms with Crippen molar-refractivity contribution in [3.05, 3.63) is 109 Å². The second-order valence-electron chi connectivity index (χ2n) is 8.45. The van der Waals surface area contributed by atoms with Crippen LogP contribution in [0.1, 0.15) is 0 Å². The van der Waals surface area contributed by atoms with E-state index in [9.17, 15) is 0 Å². The number of anilines is 1. The molecule has 5 nitrogen and oxygen atoms in total. The molecule has 0 unspecified atom stereocenters. The topological polar surface area (TPSA) is 43.2 Å². The molecule has 0 spiro atoms. The number of hydrogen-bond acceptors (Lipinski definition) is 4. The van der Waals surface area contributed by atoms with Crippen molar-refractivity contribution < 1.29 is 25.8 Å². The molecule has 178 valence electrons. The van der Waals surface area contributed by atoms with Crippen LogP contribution in [0.15, 0.2) is 97.3 Å². The summed E-state index contributed by atoms with van der Waals surface area (Å²) in [5.41, 5.74) is 4.94. The van der Waals surface area contributed by atoms with Gasteiger partial charge in [0.2, 0.25) is 5.88 Å². The van der Waals surface area contributed by atoms with E-state index in [1.54, 1.807) is 6.20 Å². The Morgan fingerprint density at radius 3 is 2.36 bits per heavy atom. The number of pyridine rings is 2. The number of para-hydroxylation sites is 1. The first kappa shape index (κ1) is 23.8. The summed E-state index contributed by atoms with van der Waals surface area (Å²) >= 11 is 0. The molecule has 0 radical (unpaired) electrons. The van der Waals surface area contributed by atoms with Crippen molar-refractivity contribution in [2.45, 2.75) is 0 Å². The fourth-order valence-corrected chi connectivity index (χ4v) is 4.25. The monoisotopic (exact) mass is 649 g/mol. The number of fused-ring (bicyclic) bond motifs is 3. The van der Waals surface area contributed by atoms with Crippen LogP contribution in [0.5, 0.6) is 11.6 Å². The third-order valence-electron chi connectivity index (χ3n) is 5.97. The molecule has 0 atom stereocenters. The molecule has 3 heterocycles. The zero-order chi connectivity index (χ0) is 23.8. The zero-order valence-electron chi connectivity index (χ0n) is 19.8. The minimum Gasteiger partial charge on any atom is -0.460 e. The van der Waals surface area contributed by atoms with E-state index in [0.717, 1.165) is 39.1 Å². The first-order valence-electron chi connectivity index (χ1n) is 11.4. The van der Waals surface area contributed by atoms with Gasteiger partial charge in [-0.1, -0.05) is 29.7 Å². The molecule has 0 aliphatic heterocycles. The Labute approximate surface area is 224 Å². The van der Waals surface area contributed by atoms with Crippen LogP contribution in [-0.2, 0) is 21.1 Å². The van der Waals surface area contributed by atoms with Gasteiger partial charge < -0.3 is 14.2 Å². The van der Waals surface area contributed by atoms with Gasteiger partial charge in [0.05, 0.1) is 11.9 Å². The molecule has 0 bridgehead atoms. The maximum absolute atomic E-state index is 5.90. The first-order valence-corrected chi connectivity index (χ1v) is 11.4. The summed E-state index contributed by atoms with van der Waals surface area (Å²) in [7, 11) is 4.03. The first-order chi connectivity index (χ1) is 17.2. The number of aromatic nitrogens is 3. The molecule has 6 heteroatoms. The van der Waals surface area contributed by atoms with Gasteiger partial charge >= 0.3 is 21.1 Å². The Morgan fingerprint density at radius 2 is 1.58 bits per heavy atom. The molecule has 36 heavy (non-hydrogen) atoms. The molecule has 3 aromatic carbocycles. The van der Waals surface area contributed by atoms with Crippen molar-refractivity contribution in [2.24, 2.45) is 0 Å². The second kappa shape index (κ2) is 9.96. The van der Waals surface area contributed by atoms with Gasteiger partial charge in [0.15, 0.2) is 0 Å². The predicted octanol–water partition coefficient (Wildman–Crippen LogP) is 6.70. The molecule has 3 aromatic heterocycles. The second-order valence-corrected chi connectivity index (χ2v) is 8.45. The Balaban J connectivity index is 0.00000267. The van der Waals surface area contributed by atoms with E-state index in [4.69, 9.17) is 9.72 Å². The van der Waals surface area contributed by atoms with Gasteiger partial charge in [0, 0.05) is 37.6 Å². The number of hydrogen-bond donors (Lipinski definition) is 0. The maximum Gasteiger partial charge on any atom is 2.00 e. The SMILES string of the molecule is CN(C)c1ccc(-n2c3[c-]c(-c4[c-]c(Oc5ccccn5)ccc4)ccc3c3ccccc32)nc1.[Pt+2]. The molecule has 0 amide bonds. The van der Waals surface area contributed by atoms with Crippen LogP contribution in [0.25, 0.3) is 38.8 Å². The van der Waals surface area contributed by atoms with Gasteiger partial charge in [-0.25, -0.2) is 21.1 Å². The summed E-state index contributed by atoms with van der Waals surface area (Å²) in [6.07, 6.45) is 3.60. The molecular weight excluding hydrogens is 627 g/mol. The summed E-state index contributed by atoms with van der Waals surface area (Å²) in [5.74, 6) is 2.00. The third-order valence-corrected chi connectivity index (χ3v) is 5.97. The predicted molar refractivity (Wildman–Crippen MR) is 140 cm³/mol. The van der Waals surface area contributed by atoms with Gasteiger partial charge in [-0.15, -0.1) is 18.2 Å². The van der Waals surface area contributed by atoms with Crippen LogP contribution in [0.3, 0.4) is 0 Å². The summed E-state index contributed by atoms with van der Waals surface area (Å²) in [5, 5.41) is 2.30. The van der Waals surface area contributed by atoms with Gasteiger partial charge in [-0.3, -0.25) is 0 Å². The van der Waals surface area contributed by atoms with Gasteiger partial charge in [0.1, 0.15) is 5.82 Å². The summed E-state index contributed by atoms with van der Waals surface area (Å²) < 4.78 is 8.07. The van der Waals surface area contributed by atoms with Gasteiger partial charge in [-0.2, -0.15) is 24.3 Å². The molecule has 0 aliphatic rings. The molecule has 0 fully saturated rings. The van der Waals surface area contributed by atoms with E-state index in [-0.39, 0.29) is 21.1 Å². The average Bonchev–Trinajstić information content (AvgIpc) is 3.23. The quantitative estimate of drug-likeness (QED) is 0.195. The van der Waals surface area contributed by atoms with E-state index >= 15 is 0 Å². The van der Waals surface area contributed by atoms with Crippen LogP contribution >= 0.6 is 0 Å². The zero-order valence-corrected chi connectivity index (χ0v) is 22.0. The van der Waals surface area contributed by atoms with E-state index in [1.165, 1.54) is 5.39 Å². The number of ether oxygens (including phenoxy) is 1. The molecule has 0 saturated heterocycles. The van der Waals surface area contributed by atoms with E-state index < -0.39 is 0 Å².